The molecule has 5 rings (SSSR count). The van der Waals surface area contributed by atoms with Gasteiger partial charge in [-0.25, -0.2) is 14.4 Å². The van der Waals surface area contributed by atoms with Crippen LogP contribution in [0.25, 0.3) is 0 Å². The van der Waals surface area contributed by atoms with Gasteiger partial charge in [-0.3, -0.25) is 24.5 Å². The molecule has 4 aliphatic rings. The highest BCUT2D eigenvalue weighted by Gasteiger charge is 2.64. The Labute approximate surface area is 431 Å². The number of hydrogen-bond donors (Lipinski definition) is 3. The van der Waals surface area contributed by atoms with Crippen LogP contribution in [0.15, 0.2) is 48.1 Å². The van der Waals surface area contributed by atoms with Crippen LogP contribution in [0.5, 0.6) is 5.75 Å². The number of allylic oxidation sites excluding steroid dienone is 4. The molecule has 3 N–H and O–H groups in total. The molecule has 19 nitrogen and oxygen atoms in total. The molecule has 5 amide bonds. The van der Waals surface area contributed by atoms with E-state index in [9.17, 15) is 38.7 Å². The number of alkyl carbamates (subject to hydrolysis) is 1. The Hall–Kier alpha value is -5.15. The van der Waals surface area contributed by atoms with Gasteiger partial charge in [0.05, 0.1) is 31.9 Å². The zero-order chi connectivity index (χ0) is 53.1. The average Bonchev–Trinajstić information content (AvgIpc) is 4.03. The number of ether oxygens (including phenoxy) is 6. The zero-order valence-electron chi connectivity index (χ0n) is 43.0. The third kappa shape index (κ3) is 14.8. The summed E-state index contributed by atoms with van der Waals surface area (Å²) in [6.07, 6.45) is 7.82. The summed E-state index contributed by atoms with van der Waals surface area (Å²) in [5, 5.41) is 16.6. The lowest BCUT2D eigenvalue weighted by Crippen LogP contribution is -2.63. The summed E-state index contributed by atoms with van der Waals surface area (Å²) in [7, 11) is 7.33. The van der Waals surface area contributed by atoms with Crippen LogP contribution in [0, 0.1) is 5.92 Å². The van der Waals surface area contributed by atoms with Crippen molar-refractivity contribution in [1.82, 2.24) is 20.4 Å². The predicted octanol–water partition coefficient (Wildman–Crippen LogP) is 6.65. The van der Waals surface area contributed by atoms with E-state index in [0.29, 0.717) is 24.3 Å². The fraction of sp³-hybridized carbons (Fsp3) is 0.627. The van der Waals surface area contributed by atoms with Gasteiger partial charge in [-0.05, 0) is 76.6 Å². The first kappa shape index (κ1) is 57.7. The van der Waals surface area contributed by atoms with Crippen molar-refractivity contribution in [3.05, 3.63) is 58.7 Å². The summed E-state index contributed by atoms with van der Waals surface area (Å²) in [4.78, 5) is 97.7. The van der Waals surface area contributed by atoms with Crippen molar-refractivity contribution in [3.63, 3.8) is 0 Å². The smallest absolute Gasteiger partial charge is 0.410 e. The SMILES string of the molecule is CCC(=O)C(CN(C)C(=O)OC1/C=C/CCCCC1)NC(=O)SCCC(=O)N(C)[C@@H](C)C(=O)O[C@H]1CC(=O)N(C)c2cc(cc(OC)c2Cl)C/C(C)=C/C=C/[C@@H](OC)[C@@]2(O)C[C@H](OC(=O)N2)[C@@H](C)[C@@H]2O[C@@]12C. The number of esters is 1. The topological polar surface area (TPSA) is 232 Å². The number of methoxy groups -OCH3 is 2. The van der Waals surface area contributed by atoms with E-state index in [1.807, 2.05) is 25.2 Å². The first-order valence-electron chi connectivity index (χ1n) is 24.4. The van der Waals surface area contributed by atoms with Crippen molar-refractivity contribution in [2.24, 2.45) is 5.92 Å². The summed E-state index contributed by atoms with van der Waals surface area (Å²) < 4.78 is 35.0. The normalized spacial score (nSPS) is 29.1. The fourth-order valence-electron chi connectivity index (χ4n) is 9.08. The molecule has 2 fully saturated rings. The molecule has 0 spiro atoms. The molecular formula is C51H72ClN5O14S. The lowest BCUT2D eigenvalue weighted by atomic mass is 9.83. The summed E-state index contributed by atoms with van der Waals surface area (Å²) in [6, 6.07) is 1.34. The number of rotatable bonds is 14. The first-order valence-corrected chi connectivity index (χ1v) is 25.8. The largest absolute Gasteiger partial charge is 0.495 e. The Bertz CT molecular complexity index is 2260. The third-order valence-corrected chi connectivity index (χ3v) is 15.0. The summed E-state index contributed by atoms with van der Waals surface area (Å²) >= 11 is 7.59. The quantitative estimate of drug-likeness (QED) is 0.0766. The number of thioether (sulfide) groups is 1. The van der Waals surface area contributed by atoms with Crippen molar-refractivity contribution in [2.75, 3.05) is 52.6 Å². The molecule has 3 heterocycles. The Morgan fingerprint density at radius 2 is 1.83 bits per heavy atom. The molecule has 4 bridgehead atoms. The molecule has 2 unspecified atom stereocenters. The van der Waals surface area contributed by atoms with Gasteiger partial charge in [-0.15, -0.1) is 0 Å². The number of halogens is 1. The molecule has 3 aliphatic heterocycles. The van der Waals surface area contributed by atoms with Gasteiger partial charge < -0.3 is 53.5 Å². The number of anilines is 1. The number of epoxide rings is 1. The molecule has 72 heavy (non-hydrogen) atoms. The minimum atomic E-state index is -1.89. The number of amides is 5. The summed E-state index contributed by atoms with van der Waals surface area (Å²) in [5.74, 6) is -2.43. The number of benzene rings is 1. The lowest BCUT2D eigenvalue weighted by Gasteiger charge is -2.42. The molecule has 1 aliphatic carbocycles. The van der Waals surface area contributed by atoms with Gasteiger partial charge in [0.1, 0.15) is 52.9 Å². The molecular weight excluding hydrogens is 974 g/mol. The minimum absolute atomic E-state index is 0.00709. The van der Waals surface area contributed by atoms with Crippen LogP contribution >= 0.6 is 23.4 Å². The third-order valence-electron chi connectivity index (χ3n) is 13.8. The Kier molecular flexibility index (Phi) is 20.6. The van der Waals surface area contributed by atoms with Crippen LogP contribution in [-0.4, -0.2) is 157 Å². The molecule has 21 heteroatoms. The van der Waals surface area contributed by atoms with Crippen molar-refractivity contribution in [3.8, 4) is 5.75 Å². The maximum absolute atomic E-state index is 14.4. The van der Waals surface area contributed by atoms with Gasteiger partial charge in [0, 0.05) is 59.2 Å². The maximum atomic E-state index is 14.4. The fourth-order valence-corrected chi connectivity index (χ4v) is 10.1. The number of nitrogens with zero attached hydrogens (tertiary/aromatic N) is 3. The van der Waals surface area contributed by atoms with E-state index in [0.717, 1.165) is 48.6 Å². The van der Waals surface area contributed by atoms with E-state index in [1.54, 1.807) is 45.1 Å². The molecule has 398 valence electrons. The number of likely N-dealkylation sites (N-methyl/N-ethyl adjacent to an activating group) is 2. The number of carbonyl (C=O) groups is 7. The van der Waals surface area contributed by atoms with Crippen LogP contribution in [0.3, 0.4) is 0 Å². The highest BCUT2D eigenvalue weighted by atomic mass is 35.5. The van der Waals surface area contributed by atoms with Crippen molar-refractivity contribution in [2.45, 2.75) is 153 Å². The van der Waals surface area contributed by atoms with Gasteiger partial charge in [0.2, 0.25) is 11.8 Å². The van der Waals surface area contributed by atoms with Crippen molar-refractivity contribution in [1.29, 1.82) is 0 Å². The lowest BCUT2D eigenvalue weighted by molar-refractivity contribution is -0.162. The van der Waals surface area contributed by atoms with Crippen molar-refractivity contribution >= 4 is 70.0 Å². The second-order valence-corrected chi connectivity index (χ2v) is 20.6. The molecule has 0 saturated carbocycles. The minimum Gasteiger partial charge on any atom is -0.495 e. The Morgan fingerprint density at radius 1 is 1.10 bits per heavy atom. The van der Waals surface area contributed by atoms with Gasteiger partial charge in [-0.1, -0.05) is 73.5 Å². The molecule has 1 aromatic rings. The highest BCUT2D eigenvalue weighted by Crippen LogP contribution is 2.49. The second kappa shape index (κ2) is 25.7. The standard InChI is InChI=1S/C51H72ClN5O14S/c1-11-37(58)35(29-55(6)49(64)68-34-19-15-13-12-14-16-20-34)53-48(63)72-23-22-42(59)56(7)32(4)46(61)70-41-27-43(60)57(8)36-25-33(26-38(66-9)44(36)52)24-30(2)18-17-21-40(67-10)51(65)28-39(69-47(62)54-51)31(3)45-50(41,5)71-45/h15,17-19,21,25-26,31-32,34-35,39-41,45,65H,11-14,16,20,22-24,27-29H2,1-10H3,(H,53,63)(H,54,62)/b19-15+,21-17+,30-18+/t31-,32+,34?,35?,39+,40-,41+,45+,50+,51+/m1/s1. The van der Waals surface area contributed by atoms with Crippen LogP contribution in [-0.2, 0) is 49.3 Å². The van der Waals surface area contributed by atoms with Crippen LogP contribution < -0.4 is 20.3 Å². The monoisotopic (exact) mass is 1050 g/mol. The van der Waals surface area contributed by atoms with Gasteiger partial charge in [0.15, 0.2) is 11.5 Å². The predicted molar refractivity (Wildman–Crippen MR) is 271 cm³/mol. The van der Waals surface area contributed by atoms with E-state index < -0.39 is 95.4 Å². The molecule has 10 atom stereocenters. The first-order chi connectivity index (χ1) is 34.0. The Balaban J connectivity index is 1.28. The molecule has 0 radical (unpaired) electrons. The molecule has 2 saturated heterocycles. The van der Waals surface area contributed by atoms with Crippen LogP contribution in [0.2, 0.25) is 5.02 Å². The van der Waals surface area contributed by atoms with Gasteiger partial charge in [0.25, 0.3) is 5.24 Å². The van der Waals surface area contributed by atoms with E-state index in [4.69, 9.17) is 40.0 Å². The number of carbonyl (C=O) groups excluding carboxylic acids is 7. The number of fused-ring (bicyclic) bond motifs is 5. The number of Topliss-reactive ketones (excluding diaryl/α,β-unsaturated/α-hetero) is 1. The summed E-state index contributed by atoms with van der Waals surface area (Å²) in [5.41, 5.74) is -1.21. The van der Waals surface area contributed by atoms with E-state index in [-0.39, 0.29) is 48.5 Å². The van der Waals surface area contributed by atoms with Crippen LogP contribution in [0.4, 0.5) is 20.1 Å². The number of nitrogens with one attached hydrogen (secondary N) is 2. The van der Waals surface area contributed by atoms with Gasteiger partial charge in [-0.2, -0.15) is 0 Å². The zero-order valence-corrected chi connectivity index (χ0v) is 44.6. The van der Waals surface area contributed by atoms with E-state index in [1.165, 1.54) is 57.0 Å². The van der Waals surface area contributed by atoms with Gasteiger partial charge >= 0.3 is 18.2 Å². The Morgan fingerprint density at radius 3 is 2.53 bits per heavy atom. The average molecular weight is 1050 g/mol. The number of ketones is 1. The van der Waals surface area contributed by atoms with E-state index in [2.05, 4.69) is 10.6 Å². The highest BCUT2D eigenvalue weighted by molar-refractivity contribution is 8.13. The number of aliphatic hydroxyl groups is 1. The maximum Gasteiger partial charge on any atom is 0.410 e. The second-order valence-electron chi connectivity index (χ2n) is 19.2. The number of hydrogen-bond acceptors (Lipinski definition) is 15. The molecule has 1 aromatic carbocycles. The molecule has 0 aromatic heterocycles. The van der Waals surface area contributed by atoms with E-state index >= 15 is 0 Å². The summed E-state index contributed by atoms with van der Waals surface area (Å²) in [6.45, 7) is 8.34. The van der Waals surface area contributed by atoms with Crippen molar-refractivity contribution < 1.29 is 67.1 Å². The van der Waals surface area contributed by atoms with Crippen LogP contribution in [0.1, 0.15) is 98.0 Å².